The zero-order chi connectivity index (χ0) is 17.7. The first-order valence-corrected chi connectivity index (χ1v) is 8.05. The van der Waals surface area contributed by atoms with Gasteiger partial charge in [-0.15, -0.1) is 0 Å². The molecule has 2 rings (SSSR count). The van der Waals surface area contributed by atoms with E-state index in [-0.39, 0.29) is 29.0 Å². The minimum absolute atomic E-state index is 0.102. The monoisotopic (exact) mass is 328 g/mol. The number of para-hydroxylation sites is 1. The highest BCUT2D eigenvalue weighted by Gasteiger charge is 2.20. The van der Waals surface area contributed by atoms with E-state index in [1.54, 1.807) is 26.2 Å². The number of amides is 1. The second-order valence-corrected chi connectivity index (χ2v) is 6.22. The van der Waals surface area contributed by atoms with E-state index in [9.17, 15) is 9.59 Å². The molecular weight excluding hydrogens is 304 g/mol. The number of aryl methyl sites for hydroxylation is 1. The van der Waals surface area contributed by atoms with Crippen molar-refractivity contribution in [3.8, 4) is 5.75 Å². The summed E-state index contributed by atoms with van der Waals surface area (Å²) in [5.41, 5.74) is 1.52. The molecule has 5 heteroatoms. The summed E-state index contributed by atoms with van der Waals surface area (Å²) in [5.74, 6) is 0.652. The molecule has 0 aliphatic carbocycles. The van der Waals surface area contributed by atoms with Crippen molar-refractivity contribution >= 4 is 5.91 Å². The molecule has 0 unspecified atom stereocenters. The van der Waals surface area contributed by atoms with Gasteiger partial charge in [0.2, 0.25) is 0 Å². The molecule has 0 aliphatic heterocycles. The summed E-state index contributed by atoms with van der Waals surface area (Å²) in [4.78, 5) is 27.1. The van der Waals surface area contributed by atoms with Gasteiger partial charge in [-0.25, -0.2) is 0 Å². The van der Waals surface area contributed by atoms with Crippen molar-refractivity contribution in [2.24, 2.45) is 5.92 Å². The lowest BCUT2D eigenvalue weighted by Gasteiger charge is -2.23. The van der Waals surface area contributed by atoms with Crippen LogP contribution in [0.15, 0.2) is 41.2 Å². The number of H-pyrrole nitrogens is 1. The number of ether oxygens (including phenoxy) is 1. The smallest absolute Gasteiger partial charge is 0.260 e. The second-order valence-electron chi connectivity index (χ2n) is 6.22. The van der Waals surface area contributed by atoms with Crippen molar-refractivity contribution in [2.75, 3.05) is 7.11 Å². The van der Waals surface area contributed by atoms with Crippen LogP contribution >= 0.6 is 0 Å². The Hall–Kier alpha value is -2.56. The van der Waals surface area contributed by atoms with Crippen LogP contribution in [-0.4, -0.2) is 24.0 Å². The number of rotatable bonds is 6. The molecule has 128 valence electrons. The van der Waals surface area contributed by atoms with Crippen LogP contribution in [0.3, 0.4) is 0 Å². The summed E-state index contributed by atoms with van der Waals surface area (Å²) >= 11 is 0. The highest BCUT2D eigenvalue weighted by molar-refractivity contribution is 5.94. The highest BCUT2D eigenvalue weighted by Crippen LogP contribution is 2.21. The van der Waals surface area contributed by atoms with Crippen LogP contribution in [0.5, 0.6) is 5.75 Å². The topological polar surface area (TPSA) is 71.2 Å². The maximum atomic E-state index is 12.5. The maximum Gasteiger partial charge on any atom is 0.260 e. The van der Waals surface area contributed by atoms with Crippen LogP contribution in [0.25, 0.3) is 0 Å². The Morgan fingerprint density at radius 3 is 2.54 bits per heavy atom. The van der Waals surface area contributed by atoms with Gasteiger partial charge < -0.3 is 15.0 Å². The van der Waals surface area contributed by atoms with Gasteiger partial charge >= 0.3 is 0 Å². The molecule has 24 heavy (non-hydrogen) atoms. The summed E-state index contributed by atoms with van der Waals surface area (Å²) in [6, 6.07) is 10.9. The largest absolute Gasteiger partial charge is 0.496 e. The van der Waals surface area contributed by atoms with Crippen molar-refractivity contribution in [3.05, 3.63) is 63.6 Å². The normalized spacial score (nSPS) is 12.0. The number of hydrogen-bond donors (Lipinski definition) is 2. The number of aromatic amines is 1. The van der Waals surface area contributed by atoms with Crippen molar-refractivity contribution in [3.63, 3.8) is 0 Å². The summed E-state index contributed by atoms with van der Waals surface area (Å²) in [6.07, 6.45) is 0.636. The molecule has 1 aromatic carbocycles. The molecule has 1 aromatic heterocycles. The molecule has 1 atom stereocenters. The minimum Gasteiger partial charge on any atom is -0.496 e. The lowest BCUT2D eigenvalue weighted by molar-refractivity contribution is 0.0924. The molecular formula is C19H24N2O3. The first-order valence-electron chi connectivity index (χ1n) is 8.05. The fourth-order valence-electron chi connectivity index (χ4n) is 2.56. The minimum atomic E-state index is -0.368. The number of pyridine rings is 1. The number of carbonyl (C=O) groups is 1. The summed E-state index contributed by atoms with van der Waals surface area (Å²) in [5, 5.41) is 2.98. The van der Waals surface area contributed by atoms with Crippen molar-refractivity contribution in [2.45, 2.75) is 33.2 Å². The molecule has 1 heterocycles. The number of methoxy groups -OCH3 is 1. The van der Waals surface area contributed by atoms with E-state index >= 15 is 0 Å². The lowest BCUT2D eigenvalue weighted by Crippen LogP contribution is -2.42. The number of aromatic nitrogens is 1. The van der Waals surface area contributed by atoms with E-state index in [1.165, 1.54) is 0 Å². The lowest BCUT2D eigenvalue weighted by atomic mass is 9.95. The van der Waals surface area contributed by atoms with Crippen LogP contribution in [-0.2, 0) is 6.42 Å². The van der Waals surface area contributed by atoms with Gasteiger partial charge in [-0.1, -0.05) is 32.0 Å². The SMILES string of the molecule is COc1ccccc1C[C@@H](NC(=O)c1ccc(C)[nH]c1=O)C(C)C. The highest BCUT2D eigenvalue weighted by atomic mass is 16.5. The number of nitrogens with one attached hydrogen (secondary N) is 2. The third-order valence-electron chi connectivity index (χ3n) is 4.05. The van der Waals surface area contributed by atoms with Crippen LogP contribution in [0.2, 0.25) is 0 Å². The number of hydrogen-bond acceptors (Lipinski definition) is 3. The zero-order valence-corrected chi connectivity index (χ0v) is 14.6. The van der Waals surface area contributed by atoms with E-state index in [0.717, 1.165) is 17.0 Å². The zero-order valence-electron chi connectivity index (χ0n) is 14.6. The molecule has 0 fully saturated rings. The number of benzene rings is 1. The Labute approximate surface area is 142 Å². The first-order chi connectivity index (χ1) is 11.4. The van der Waals surface area contributed by atoms with E-state index in [1.807, 2.05) is 38.1 Å². The van der Waals surface area contributed by atoms with E-state index in [4.69, 9.17) is 4.74 Å². The van der Waals surface area contributed by atoms with Gasteiger partial charge in [0.25, 0.3) is 11.5 Å². The van der Waals surface area contributed by atoms with Crippen molar-refractivity contribution < 1.29 is 9.53 Å². The Balaban J connectivity index is 2.19. The fraction of sp³-hybridized carbons (Fsp3) is 0.368. The summed E-state index contributed by atoms with van der Waals surface area (Å²) in [7, 11) is 1.63. The summed E-state index contributed by atoms with van der Waals surface area (Å²) < 4.78 is 5.38. The van der Waals surface area contributed by atoms with Gasteiger partial charge in [-0.3, -0.25) is 9.59 Å². The van der Waals surface area contributed by atoms with Crippen LogP contribution in [0.1, 0.15) is 35.5 Å². The third kappa shape index (κ3) is 4.25. The predicted molar refractivity (Wildman–Crippen MR) is 94.6 cm³/mol. The Kier molecular flexibility index (Phi) is 5.79. The molecule has 0 radical (unpaired) electrons. The molecule has 0 bridgehead atoms. The maximum absolute atomic E-state index is 12.5. The quantitative estimate of drug-likeness (QED) is 0.856. The Morgan fingerprint density at radius 1 is 1.21 bits per heavy atom. The molecule has 5 nitrogen and oxygen atoms in total. The summed E-state index contributed by atoms with van der Waals surface area (Å²) in [6.45, 7) is 5.86. The van der Waals surface area contributed by atoms with Crippen LogP contribution in [0.4, 0.5) is 0 Å². The number of carbonyl (C=O) groups excluding carboxylic acids is 1. The molecule has 1 amide bonds. The molecule has 2 aromatic rings. The fourth-order valence-corrected chi connectivity index (χ4v) is 2.56. The average Bonchev–Trinajstić information content (AvgIpc) is 2.54. The first kappa shape index (κ1) is 17.8. The predicted octanol–water partition coefficient (Wildman–Crippen LogP) is 2.69. The van der Waals surface area contributed by atoms with Crippen molar-refractivity contribution in [1.82, 2.24) is 10.3 Å². The van der Waals surface area contributed by atoms with Gasteiger partial charge in [0, 0.05) is 11.7 Å². The standard InChI is InChI=1S/C19H24N2O3/c1-12(2)16(11-14-7-5-6-8-17(14)24-4)21-19(23)15-10-9-13(3)20-18(15)22/h5-10,12,16H,11H2,1-4H3,(H,20,22)(H,21,23)/t16-/m1/s1. The molecule has 0 saturated carbocycles. The Morgan fingerprint density at radius 2 is 1.92 bits per heavy atom. The van der Waals surface area contributed by atoms with E-state index in [2.05, 4.69) is 10.3 Å². The van der Waals surface area contributed by atoms with E-state index < -0.39 is 0 Å². The van der Waals surface area contributed by atoms with Gasteiger partial charge in [0.05, 0.1) is 7.11 Å². The van der Waals surface area contributed by atoms with Gasteiger partial charge in [-0.2, -0.15) is 0 Å². The van der Waals surface area contributed by atoms with Gasteiger partial charge in [0.1, 0.15) is 11.3 Å². The van der Waals surface area contributed by atoms with Crippen molar-refractivity contribution in [1.29, 1.82) is 0 Å². The van der Waals surface area contributed by atoms with Crippen LogP contribution < -0.4 is 15.6 Å². The molecule has 0 spiro atoms. The van der Waals surface area contributed by atoms with Gasteiger partial charge in [0.15, 0.2) is 0 Å². The molecule has 2 N–H and O–H groups in total. The average molecular weight is 328 g/mol. The Bertz CT molecular complexity index is 765. The molecule has 0 saturated heterocycles. The van der Waals surface area contributed by atoms with Gasteiger partial charge in [-0.05, 0) is 43.0 Å². The third-order valence-corrected chi connectivity index (χ3v) is 4.05. The molecule has 0 aliphatic rings. The van der Waals surface area contributed by atoms with E-state index in [0.29, 0.717) is 6.42 Å². The van der Waals surface area contributed by atoms with Crippen LogP contribution in [0, 0.1) is 12.8 Å². The second kappa shape index (κ2) is 7.81.